The van der Waals surface area contributed by atoms with Crippen LogP contribution in [-0.4, -0.2) is 73.0 Å². The predicted octanol–water partition coefficient (Wildman–Crippen LogP) is 5.91. The number of hydrogen-bond acceptors (Lipinski definition) is 6. The van der Waals surface area contributed by atoms with Crippen molar-refractivity contribution in [3.05, 3.63) is 62.5 Å². The van der Waals surface area contributed by atoms with E-state index in [2.05, 4.69) is 75.1 Å². The van der Waals surface area contributed by atoms with E-state index in [0.29, 0.717) is 17.9 Å². The van der Waals surface area contributed by atoms with E-state index in [9.17, 15) is 9.59 Å². The van der Waals surface area contributed by atoms with Crippen LogP contribution in [0.4, 0.5) is 0 Å². The van der Waals surface area contributed by atoms with Crippen LogP contribution in [0.2, 0.25) is 0 Å². The van der Waals surface area contributed by atoms with Gasteiger partial charge in [0.05, 0.1) is 8.45 Å². The first-order valence-corrected chi connectivity index (χ1v) is 17.2. The Balaban J connectivity index is 1.12. The fourth-order valence-corrected chi connectivity index (χ4v) is 7.36. The fourth-order valence-electron chi connectivity index (χ4n) is 5.90. The van der Waals surface area contributed by atoms with Gasteiger partial charge in [-0.1, -0.05) is 44.5 Å². The lowest BCUT2D eigenvalue weighted by Crippen LogP contribution is -2.50. The van der Waals surface area contributed by atoms with Gasteiger partial charge in [0.1, 0.15) is 18.4 Å². The maximum absolute atomic E-state index is 13.4. The molecular weight excluding hydrogens is 659 g/mol. The molecule has 2 aliphatic heterocycles. The lowest BCUT2D eigenvalue weighted by atomic mass is 10.0. The second kappa shape index (κ2) is 15.0. The van der Waals surface area contributed by atoms with E-state index in [-0.39, 0.29) is 23.8 Å². The monoisotopic (exact) mass is 702 g/mol. The number of nitrogens with zero attached hydrogens (tertiary/aromatic N) is 2. The summed E-state index contributed by atoms with van der Waals surface area (Å²) in [6.45, 7) is 10.8. The maximum Gasteiger partial charge on any atom is 0.262 e. The molecule has 0 radical (unpaired) electrons. The Morgan fingerprint density at radius 2 is 1.86 bits per heavy atom. The molecule has 0 bridgehead atoms. The van der Waals surface area contributed by atoms with E-state index < -0.39 is 6.04 Å². The Kier molecular flexibility index (Phi) is 11.1. The van der Waals surface area contributed by atoms with Gasteiger partial charge < -0.3 is 15.4 Å². The highest BCUT2D eigenvalue weighted by Gasteiger charge is 2.29. The quantitative estimate of drug-likeness (QED) is 0.230. The zero-order chi connectivity index (χ0) is 29.5. The van der Waals surface area contributed by atoms with Gasteiger partial charge in [-0.15, -0.1) is 11.3 Å². The molecule has 3 heterocycles. The molecule has 2 N–H and O–H groups in total. The Hall–Kier alpha value is -2.21. The first-order chi connectivity index (χ1) is 20.3. The number of fused-ring (bicyclic) bond motifs is 1. The second-order valence-electron chi connectivity index (χ2n) is 12.0. The molecule has 0 aliphatic carbocycles. The lowest BCUT2D eigenvalue weighted by molar-refractivity contribution is -0.124. The van der Waals surface area contributed by atoms with Gasteiger partial charge in [0.2, 0.25) is 5.91 Å². The number of carbonyl (C=O) groups excluding carboxylic acids is 2. The molecule has 7 nitrogen and oxygen atoms in total. The van der Waals surface area contributed by atoms with Crippen LogP contribution < -0.4 is 15.4 Å². The summed E-state index contributed by atoms with van der Waals surface area (Å²) in [5, 5.41) is 7.32. The Bertz CT molecular complexity index is 1320. The zero-order valence-electron chi connectivity index (χ0n) is 24.7. The Morgan fingerprint density at radius 1 is 1.05 bits per heavy atom. The molecule has 1 aromatic heterocycles. The minimum absolute atomic E-state index is 0.0671. The standard InChI is InChI=1S/C33H43IN4O3S/c1-23(2)18-28(36-33(40)31-20-25-8-4-5-9-30(25)42-31)32(39)35-26-12-15-38(22-26)21-24-10-11-27(34)29(19-24)41-17-16-37-13-6-3-7-14-37/h4-5,8-11,19-20,23,26,28H,3,6-7,12-18,21-22H2,1-2H3,(H,35,39)(H,36,40)/t26-,28-/m0/s1. The van der Waals surface area contributed by atoms with Crippen molar-refractivity contribution < 1.29 is 14.3 Å². The van der Waals surface area contributed by atoms with Gasteiger partial charge in [-0.3, -0.25) is 19.4 Å². The van der Waals surface area contributed by atoms with E-state index in [1.54, 1.807) is 0 Å². The largest absolute Gasteiger partial charge is 0.491 e. The summed E-state index contributed by atoms with van der Waals surface area (Å²) in [6.07, 6.45) is 5.44. The number of benzene rings is 2. The van der Waals surface area contributed by atoms with Gasteiger partial charge in [-0.25, -0.2) is 0 Å². The highest BCUT2D eigenvalue weighted by Crippen LogP contribution is 2.26. The van der Waals surface area contributed by atoms with Crippen molar-refractivity contribution >= 4 is 55.8 Å². The highest BCUT2D eigenvalue weighted by molar-refractivity contribution is 14.1. The number of thiophene rings is 1. The summed E-state index contributed by atoms with van der Waals surface area (Å²) < 4.78 is 8.41. The molecule has 2 amide bonds. The fraction of sp³-hybridized carbons (Fsp3) is 0.515. The highest BCUT2D eigenvalue weighted by atomic mass is 127. The number of piperidine rings is 1. The maximum atomic E-state index is 13.4. The molecule has 0 spiro atoms. The van der Waals surface area contributed by atoms with Gasteiger partial charge in [-0.2, -0.15) is 0 Å². The molecule has 9 heteroatoms. The number of nitrogens with one attached hydrogen (secondary N) is 2. The smallest absolute Gasteiger partial charge is 0.262 e. The SMILES string of the molecule is CC(C)C[C@H](NC(=O)c1cc2ccccc2s1)C(=O)N[C@H]1CCN(Cc2ccc(I)c(OCCN3CCCCC3)c2)C1. The molecule has 2 aromatic carbocycles. The number of likely N-dealkylation sites (tertiary alicyclic amines) is 2. The number of halogens is 1. The lowest BCUT2D eigenvalue weighted by Gasteiger charge is -2.26. The zero-order valence-corrected chi connectivity index (χ0v) is 27.7. The molecule has 226 valence electrons. The number of carbonyl (C=O) groups is 2. The predicted molar refractivity (Wildman–Crippen MR) is 179 cm³/mol. The van der Waals surface area contributed by atoms with Crippen LogP contribution in [0.5, 0.6) is 5.75 Å². The average Bonchev–Trinajstić information content (AvgIpc) is 3.61. The minimum atomic E-state index is -0.558. The summed E-state index contributed by atoms with van der Waals surface area (Å²) in [5.74, 6) is 0.960. The molecule has 2 aliphatic rings. The van der Waals surface area contributed by atoms with Crippen molar-refractivity contribution in [1.29, 1.82) is 0 Å². The van der Waals surface area contributed by atoms with Crippen LogP contribution in [0.3, 0.4) is 0 Å². The number of rotatable bonds is 12. The van der Waals surface area contributed by atoms with Crippen molar-refractivity contribution in [3.8, 4) is 5.75 Å². The molecule has 3 aromatic rings. The Morgan fingerprint density at radius 3 is 2.64 bits per heavy atom. The number of amides is 2. The van der Waals surface area contributed by atoms with Gasteiger partial charge in [0, 0.05) is 36.9 Å². The summed E-state index contributed by atoms with van der Waals surface area (Å²) >= 11 is 3.81. The summed E-state index contributed by atoms with van der Waals surface area (Å²) in [7, 11) is 0. The van der Waals surface area contributed by atoms with Crippen molar-refractivity contribution in [2.75, 3.05) is 39.3 Å². The van der Waals surface area contributed by atoms with E-state index in [0.717, 1.165) is 52.0 Å². The first kappa shape index (κ1) is 31.2. The van der Waals surface area contributed by atoms with Crippen molar-refractivity contribution in [2.24, 2.45) is 5.92 Å². The molecule has 2 saturated heterocycles. The Labute approximate surface area is 267 Å². The molecule has 5 rings (SSSR count). The molecule has 2 fully saturated rings. The third kappa shape index (κ3) is 8.67. The third-order valence-electron chi connectivity index (χ3n) is 8.11. The van der Waals surface area contributed by atoms with Crippen LogP contribution >= 0.6 is 33.9 Å². The minimum Gasteiger partial charge on any atom is -0.491 e. The van der Waals surface area contributed by atoms with Gasteiger partial charge >= 0.3 is 0 Å². The molecular formula is C33H43IN4O3S. The van der Waals surface area contributed by atoms with Crippen LogP contribution in [0.1, 0.15) is 61.2 Å². The third-order valence-corrected chi connectivity index (χ3v) is 10.1. The molecule has 42 heavy (non-hydrogen) atoms. The van der Waals surface area contributed by atoms with Crippen molar-refractivity contribution in [1.82, 2.24) is 20.4 Å². The average molecular weight is 703 g/mol. The topological polar surface area (TPSA) is 73.9 Å². The summed E-state index contributed by atoms with van der Waals surface area (Å²) in [4.78, 5) is 32.0. The van der Waals surface area contributed by atoms with E-state index in [4.69, 9.17) is 4.74 Å². The van der Waals surface area contributed by atoms with Gasteiger partial charge in [0.25, 0.3) is 5.91 Å². The van der Waals surface area contributed by atoms with E-state index >= 15 is 0 Å². The van der Waals surface area contributed by atoms with Gasteiger partial charge in [0.15, 0.2) is 0 Å². The second-order valence-corrected chi connectivity index (χ2v) is 14.3. The van der Waals surface area contributed by atoms with Crippen LogP contribution in [-0.2, 0) is 11.3 Å². The molecule has 0 unspecified atom stereocenters. The van der Waals surface area contributed by atoms with E-state index in [1.807, 2.05) is 30.3 Å². The first-order valence-electron chi connectivity index (χ1n) is 15.3. The van der Waals surface area contributed by atoms with Crippen molar-refractivity contribution in [3.63, 3.8) is 0 Å². The normalized spacial score (nSPS) is 18.8. The van der Waals surface area contributed by atoms with Crippen LogP contribution in [0.25, 0.3) is 10.1 Å². The molecule has 2 atom stereocenters. The number of ether oxygens (including phenoxy) is 1. The van der Waals surface area contributed by atoms with Crippen LogP contribution in [0, 0.1) is 9.49 Å². The van der Waals surface area contributed by atoms with E-state index in [1.165, 1.54) is 49.3 Å². The summed E-state index contributed by atoms with van der Waals surface area (Å²) in [5.41, 5.74) is 1.23. The summed E-state index contributed by atoms with van der Waals surface area (Å²) in [6, 6.07) is 15.9. The van der Waals surface area contributed by atoms with Gasteiger partial charge in [-0.05, 0) is 102 Å². The number of hydrogen-bond donors (Lipinski definition) is 2. The molecule has 0 saturated carbocycles. The van der Waals surface area contributed by atoms with Crippen molar-refractivity contribution in [2.45, 2.75) is 64.6 Å². The van der Waals surface area contributed by atoms with Crippen LogP contribution in [0.15, 0.2) is 48.5 Å².